The minimum atomic E-state index is 0.00593. The number of nitrogens with two attached hydrogens (primary N) is 1. The largest absolute Gasteiger partial charge is 0.369 e. The molecule has 0 fully saturated rings. The van der Waals surface area contributed by atoms with Gasteiger partial charge in [0.25, 0.3) is 0 Å². The lowest BCUT2D eigenvalue weighted by molar-refractivity contribution is -0.121. The van der Waals surface area contributed by atoms with E-state index in [0.29, 0.717) is 25.5 Å². The average Bonchev–Trinajstić information content (AvgIpc) is 2.65. The molecule has 0 aromatic carbocycles. The first kappa shape index (κ1) is 12.3. The van der Waals surface area contributed by atoms with Gasteiger partial charge in [-0.25, -0.2) is 9.97 Å². The smallest absolute Gasteiger partial charge is 0.221 e. The van der Waals surface area contributed by atoms with E-state index in [-0.39, 0.29) is 5.91 Å². The van der Waals surface area contributed by atoms with Gasteiger partial charge in [-0.1, -0.05) is 0 Å². The third kappa shape index (κ3) is 2.27. The van der Waals surface area contributed by atoms with Crippen molar-refractivity contribution in [3.63, 3.8) is 0 Å². The van der Waals surface area contributed by atoms with Crippen LogP contribution in [0.25, 0.3) is 11.2 Å². The van der Waals surface area contributed by atoms with Crippen LogP contribution < -0.4 is 11.1 Å². The number of aromatic nitrogens is 3. The zero-order chi connectivity index (χ0) is 13.1. The van der Waals surface area contributed by atoms with Crippen LogP contribution in [0.1, 0.15) is 18.9 Å². The molecule has 0 saturated heterocycles. The molecular formula is C12H17N5O. The number of anilines is 1. The van der Waals surface area contributed by atoms with Gasteiger partial charge >= 0.3 is 0 Å². The Balaban J connectivity index is 2.25. The van der Waals surface area contributed by atoms with Crippen molar-refractivity contribution in [3.05, 3.63) is 17.8 Å². The lowest BCUT2D eigenvalue weighted by Crippen LogP contribution is -2.24. The lowest BCUT2D eigenvalue weighted by Gasteiger charge is -2.05. The third-order valence-corrected chi connectivity index (χ3v) is 2.80. The van der Waals surface area contributed by atoms with E-state index in [1.54, 1.807) is 10.8 Å². The molecule has 2 heterocycles. The van der Waals surface area contributed by atoms with Crippen LogP contribution in [0, 0.1) is 6.92 Å². The van der Waals surface area contributed by atoms with Gasteiger partial charge in [0.1, 0.15) is 5.52 Å². The van der Waals surface area contributed by atoms with E-state index in [2.05, 4.69) is 15.3 Å². The number of nitrogens with zero attached hydrogens (tertiary/aromatic N) is 3. The predicted octanol–water partition coefficient (Wildman–Crippen LogP) is 0.848. The number of aryl methyl sites for hydroxylation is 2. The van der Waals surface area contributed by atoms with Gasteiger partial charge < -0.3 is 11.1 Å². The van der Waals surface area contributed by atoms with E-state index in [9.17, 15) is 4.79 Å². The second-order valence-corrected chi connectivity index (χ2v) is 4.13. The molecule has 0 aliphatic rings. The highest BCUT2D eigenvalue weighted by Gasteiger charge is 2.11. The minimum Gasteiger partial charge on any atom is -0.369 e. The number of nitrogen functional groups attached to an aromatic ring is 1. The molecule has 3 N–H and O–H groups in total. The number of nitrogens with one attached hydrogen (secondary N) is 1. The summed E-state index contributed by atoms with van der Waals surface area (Å²) in [5.41, 5.74) is 8.42. The van der Waals surface area contributed by atoms with Crippen molar-refractivity contribution in [1.82, 2.24) is 19.9 Å². The summed E-state index contributed by atoms with van der Waals surface area (Å²) >= 11 is 0. The molecule has 0 saturated carbocycles. The second-order valence-electron chi connectivity index (χ2n) is 4.13. The normalized spacial score (nSPS) is 10.8. The van der Waals surface area contributed by atoms with Crippen molar-refractivity contribution in [2.24, 2.45) is 0 Å². The van der Waals surface area contributed by atoms with E-state index >= 15 is 0 Å². The lowest BCUT2D eigenvalue weighted by atomic mass is 10.3. The Bertz CT molecular complexity index is 575. The minimum absolute atomic E-state index is 0.00593. The van der Waals surface area contributed by atoms with E-state index < -0.39 is 0 Å². The zero-order valence-electron chi connectivity index (χ0n) is 10.6. The molecule has 2 aromatic rings. The van der Waals surface area contributed by atoms with Gasteiger partial charge in [-0.2, -0.15) is 0 Å². The fourth-order valence-electron chi connectivity index (χ4n) is 1.87. The molecule has 6 heteroatoms. The van der Waals surface area contributed by atoms with Crippen molar-refractivity contribution >= 4 is 23.0 Å². The van der Waals surface area contributed by atoms with Crippen LogP contribution in [0.5, 0.6) is 0 Å². The number of carbonyl (C=O) groups is 1. The molecule has 18 heavy (non-hydrogen) atoms. The first-order chi connectivity index (χ1) is 8.63. The van der Waals surface area contributed by atoms with Gasteiger partial charge in [0.05, 0.1) is 0 Å². The number of hydrogen-bond donors (Lipinski definition) is 2. The van der Waals surface area contributed by atoms with E-state index in [4.69, 9.17) is 5.73 Å². The molecule has 0 spiro atoms. The molecule has 0 bridgehead atoms. The molecule has 6 nitrogen and oxygen atoms in total. The molecule has 0 unspecified atom stereocenters. The zero-order valence-corrected chi connectivity index (χ0v) is 10.6. The van der Waals surface area contributed by atoms with Crippen molar-refractivity contribution in [1.29, 1.82) is 0 Å². The van der Waals surface area contributed by atoms with Crippen molar-refractivity contribution < 1.29 is 4.79 Å². The third-order valence-electron chi connectivity index (χ3n) is 2.80. The number of imidazole rings is 1. The number of carbonyl (C=O) groups excluding carboxylic acids is 1. The molecule has 1 amide bonds. The number of hydrogen-bond acceptors (Lipinski definition) is 4. The summed E-state index contributed by atoms with van der Waals surface area (Å²) in [5.74, 6) is 0.405. The Hall–Kier alpha value is -2.11. The van der Waals surface area contributed by atoms with Gasteiger partial charge in [0.2, 0.25) is 11.9 Å². The number of rotatable bonds is 4. The number of pyridine rings is 1. The Morgan fingerprint density at radius 3 is 3.06 bits per heavy atom. The van der Waals surface area contributed by atoms with Crippen LogP contribution >= 0.6 is 0 Å². The first-order valence-electron chi connectivity index (χ1n) is 5.97. The Morgan fingerprint density at radius 2 is 2.33 bits per heavy atom. The fourth-order valence-corrected chi connectivity index (χ4v) is 1.87. The summed E-state index contributed by atoms with van der Waals surface area (Å²) in [6.45, 7) is 4.98. The van der Waals surface area contributed by atoms with E-state index in [1.807, 2.05) is 19.9 Å². The highest BCUT2D eigenvalue weighted by atomic mass is 16.1. The van der Waals surface area contributed by atoms with Crippen LogP contribution in [0.3, 0.4) is 0 Å². The Labute approximate surface area is 105 Å². The maximum absolute atomic E-state index is 11.4. The quantitative estimate of drug-likeness (QED) is 0.838. The fraction of sp³-hybridized carbons (Fsp3) is 0.417. The van der Waals surface area contributed by atoms with Crippen molar-refractivity contribution in [2.75, 3.05) is 12.3 Å². The molecule has 0 aliphatic carbocycles. The van der Waals surface area contributed by atoms with E-state index in [0.717, 1.165) is 16.7 Å². The maximum atomic E-state index is 11.4. The van der Waals surface area contributed by atoms with Gasteiger partial charge in [-0.05, 0) is 25.5 Å². The van der Waals surface area contributed by atoms with Crippen LogP contribution in [0.2, 0.25) is 0 Å². The Kier molecular flexibility index (Phi) is 3.45. The van der Waals surface area contributed by atoms with Crippen molar-refractivity contribution in [2.45, 2.75) is 26.8 Å². The maximum Gasteiger partial charge on any atom is 0.221 e. The molecule has 2 aromatic heterocycles. The number of amides is 1. The molecular weight excluding hydrogens is 230 g/mol. The summed E-state index contributed by atoms with van der Waals surface area (Å²) in [6.07, 6.45) is 2.10. The van der Waals surface area contributed by atoms with Gasteiger partial charge in [0, 0.05) is 25.7 Å². The molecule has 96 valence electrons. The Morgan fingerprint density at radius 1 is 1.56 bits per heavy atom. The summed E-state index contributed by atoms with van der Waals surface area (Å²) in [7, 11) is 0. The second kappa shape index (κ2) is 5.03. The molecule has 0 radical (unpaired) electrons. The SMILES string of the molecule is CCNC(=O)CCn1c(N)nc2c(C)ccnc21. The first-order valence-corrected chi connectivity index (χ1v) is 5.97. The van der Waals surface area contributed by atoms with Crippen molar-refractivity contribution in [3.8, 4) is 0 Å². The van der Waals surface area contributed by atoms with Gasteiger partial charge in [-0.15, -0.1) is 0 Å². The number of fused-ring (bicyclic) bond motifs is 1. The molecule has 0 atom stereocenters. The van der Waals surface area contributed by atoms with Gasteiger partial charge in [0.15, 0.2) is 5.65 Å². The summed E-state index contributed by atoms with van der Waals surface area (Å²) < 4.78 is 1.78. The predicted molar refractivity (Wildman–Crippen MR) is 70.0 cm³/mol. The molecule has 0 aliphatic heterocycles. The monoisotopic (exact) mass is 247 g/mol. The summed E-state index contributed by atoms with van der Waals surface area (Å²) in [4.78, 5) is 20.0. The molecule has 2 rings (SSSR count). The standard InChI is InChI=1S/C12H17N5O/c1-3-14-9(18)5-7-17-11-10(16-12(17)13)8(2)4-6-15-11/h4,6H,3,5,7H2,1-2H3,(H2,13,16)(H,14,18). The average molecular weight is 247 g/mol. The summed E-state index contributed by atoms with van der Waals surface area (Å²) in [6, 6.07) is 1.89. The van der Waals surface area contributed by atoms with Crippen LogP contribution in [0.15, 0.2) is 12.3 Å². The van der Waals surface area contributed by atoms with Crippen LogP contribution in [-0.4, -0.2) is 27.0 Å². The van der Waals surface area contributed by atoms with Crippen LogP contribution in [-0.2, 0) is 11.3 Å². The highest BCUT2D eigenvalue weighted by Crippen LogP contribution is 2.18. The topological polar surface area (TPSA) is 85.8 Å². The summed E-state index contributed by atoms with van der Waals surface area (Å²) in [5, 5.41) is 2.75. The van der Waals surface area contributed by atoms with E-state index in [1.165, 1.54) is 0 Å². The van der Waals surface area contributed by atoms with Gasteiger partial charge in [-0.3, -0.25) is 9.36 Å². The highest BCUT2D eigenvalue weighted by molar-refractivity contribution is 5.78. The van der Waals surface area contributed by atoms with Crippen LogP contribution in [0.4, 0.5) is 5.95 Å².